The van der Waals surface area contributed by atoms with Crippen molar-refractivity contribution in [2.75, 3.05) is 11.9 Å². The minimum atomic E-state index is 0.629. The van der Waals surface area contributed by atoms with Crippen molar-refractivity contribution >= 4 is 50.5 Å². The van der Waals surface area contributed by atoms with Crippen molar-refractivity contribution in [2.45, 2.75) is 39.5 Å². The normalized spacial score (nSPS) is 12.0. The van der Waals surface area contributed by atoms with Crippen LogP contribution in [0.4, 0.5) is 5.69 Å². The molecule has 20 heavy (non-hydrogen) atoms. The molecule has 112 valence electrons. The van der Waals surface area contributed by atoms with Gasteiger partial charge in [-0.2, -0.15) is 0 Å². The summed E-state index contributed by atoms with van der Waals surface area (Å²) < 4.78 is 0.956. The number of rotatable bonds is 7. The van der Waals surface area contributed by atoms with Gasteiger partial charge in [0.1, 0.15) is 0 Å². The number of anilines is 1. The second kappa shape index (κ2) is 9.59. The molecule has 2 N–H and O–H groups in total. The maximum absolute atomic E-state index is 6.15. The largest absolute Gasteiger partial charge is 0.362 e. The molecule has 1 aromatic rings. The average Bonchev–Trinajstić information content (AvgIpc) is 2.42. The van der Waals surface area contributed by atoms with E-state index in [4.69, 9.17) is 23.8 Å². The van der Waals surface area contributed by atoms with Crippen LogP contribution in [0.3, 0.4) is 0 Å². The van der Waals surface area contributed by atoms with Gasteiger partial charge in [0, 0.05) is 11.0 Å². The minimum absolute atomic E-state index is 0.629. The van der Waals surface area contributed by atoms with Crippen LogP contribution in [0.2, 0.25) is 5.02 Å². The van der Waals surface area contributed by atoms with Crippen LogP contribution in [0.1, 0.15) is 39.5 Å². The van der Waals surface area contributed by atoms with Crippen LogP contribution in [-0.2, 0) is 0 Å². The number of thiocarbonyl (C=S) groups is 1. The van der Waals surface area contributed by atoms with Gasteiger partial charge in [0.15, 0.2) is 5.11 Å². The molecule has 0 radical (unpaired) electrons. The Kier molecular flexibility index (Phi) is 8.50. The first kappa shape index (κ1) is 17.7. The van der Waals surface area contributed by atoms with Gasteiger partial charge in [0.25, 0.3) is 0 Å². The Hall–Kier alpha value is -0.320. The van der Waals surface area contributed by atoms with E-state index in [2.05, 4.69) is 40.4 Å². The molecule has 0 saturated heterocycles. The first-order chi connectivity index (χ1) is 9.56. The molecule has 0 aliphatic rings. The first-order valence-electron chi connectivity index (χ1n) is 7.06. The lowest BCUT2D eigenvalue weighted by molar-refractivity contribution is 0.446. The highest BCUT2D eigenvalue weighted by molar-refractivity contribution is 9.10. The summed E-state index contributed by atoms with van der Waals surface area (Å²) in [5.41, 5.74) is 0.828. The number of unbranched alkanes of at least 4 members (excludes halogenated alkanes) is 1. The van der Waals surface area contributed by atoms with Crippen molar-refractivity contribution in [3.63, 3.8) is 0 Å². The summed E-state index contributed by atoms with van der Waals surface area (Å²) in [6.45, 7) is 5.36. The topological polar surface area (TPSA) is 24.1 Å². The van der Waals surface area contributed by atoms with Crippen molar-refractivity contribution in [3.05, 3.63) is 27.7 Å². The lowest BCUT2D eigenvalue weighted by Gasteiger charge is -2.17. The van der Waals surface area contributed by atoms with Gasteiger partial charge in [0.2, 0.25) is 0 Å². The summed E-state index contributed by atoms with van der Waals surface area (Å²) in [6.07, 6.45) is 4.95. The molecule has 1 rings (SSSR count). The molecule has 0 fully saturated rings. The molecule has 0 aromatic heterocycles. The number of hydrogen-bond acceptors (Lipinski definition) is 1. The van der Waals surface area contributed by atoms with E-state index in [1.54, 1.807) is 0 Å². The highest BCUT2D eigenvalue weighted by Crippen LogP contribution is 2.25. The molecule has 1 unspecified atom stereocenters. The summed E-state index contributed by atoms with van der Waals surface area (Å²) in [7, 11) is 0. The highest BCUT2D eigenvalue weighted by atomic mass is 79.9. The number of hydrogen-bond donors (Lipinski definition) is 2. The Balaban J connectivity index is 2.43. The quantitative estimate of drug-likeness (QED) is 0.604. The van der Waals surface area contributed by atoms with Crippen LogP contribution in [0, 0.1) is 5.92 Å². The fourth-order valence-corrected chi connectivity index (χ4v) is 2.85. The molecule has 2 nitrogen and oxygen atoms in total. The van der Waals surface area contributed by atoms with Crippen LogP contribution >= 0.6 is 39.7 Å². The molecule has 5 heteroatoms. The van der Waals surface area contributed by atoms with Crippen molar-refractivity contribution in [1.82, 2.24) is 5.32 Å². The molecule has 1 aromatic carbocycles. The van der Waals surface area contributed by atoms with E-state index >= 15 is 0 Å². The van der Waals surface area contributed by atoms with Gasteiger partial charge in [-0.15, -0.1) is 0 Å². The number of nitrogens with one attached hydrogen (secondary N) is 2. The zero-order valence-corrected chi connectivity index (χ0v) is 15.2. The zero-order chi connectivity index (χ0) is 15.0. The first-order valence-corrected chi connectivity index (χ1v) is 8.64. The summed E-state index contributed by atoms with van der Waals surface area (Å²) in [6, 6.07) is 5.70. The molecule has 0 saturated carbocycles. The van der Waals surface area contributed by atoms with Crippen molar-refractivity contribution in [2.24, 2.45) is 5.92 Å². The van der Waals surface area contributed by atoms with Crippen LogP contribution in [0.25, 0.3) is 0 Å². The van der Waals surface area contributed by atoms with E-state index in [1.807, 2.05) is 18.2 Å². The van der Waals surface area contributed by atoms with Crippen LogP contribution in [0.5, 0.6) is 0 Å². The number of halogens is 2. The van der Waals surface area contributed by atoms with Gasteiger partial charge < -0.3 is 10.6 Å². The highest BCUT2D eigenvalue weighted by Gasteiger charge is 2.07. The fraction of sp³-hybridized carbons (Fsp3) is 0.533. The maximum Gasteiger partial charge on any atom is 0.170 e. The van der Waals surface area contributed by atoms with Gasteiger partial charge in [-0.05, 0) is 42.8 Å². The van der Waals surface area contributed by atoms with Crippen LogP contribution in [0.15, 0.2) is 22.7 Å². The third-order valence-corrected chi connectivity index (χ3v) is 4.33. The summed E-state index contributed by atoms with van der Waals surface area (Å²) >= 11 is 14.9. The Labute approximate surface area is 140 Å². The maximum atomic E-state index is 6.15. The van der Waals surface area contributed by atoms with Crippen molar-refractivity contribution in [3.8, 4) is 0 Å². The van der Waals surface area contributed by atoms with Crippen LogP contribution < -0.4 is 10.6 Å². The lowest BCUT2D eigenvalue weighted by Crippen LogP contribution is -2.32. The average molecular weight is 378 g/mol. The van der Waals surface area contributed by atoms with Gasteiger partial charge in [0.05, 0.1) is 10.7 Å². The van der Waals surface area contributed by atoms with Crippen molar-refractivity contribution in [1.29, 1.82) is 0 Å². The third kappa shape index (κ3) is 6.42. The van der Waals surface area contributed by atoms with Gasteiger partial charge >= 0.3 is 0 Å². The zero-order valence-electron chi connectivity index (χ0n) is 12.0. The second-order valence-corrected chi connectivity index (χ2v) is 6.61. The van der Waals surface area contributed by atoms with Gasteiger partial charge in [-0.1, -0.05) is 60.6 Å². The SMILES string of the molecule is CCCCC(CC)CNC(=S)Nc1ccc(Br)cc1Cl. The van der Waals surface area contributed by atoms with E-state index in [1.165, 1.54) is 25.7 Å². The van der Waals surface area contributed by atoms with E-state index in [0.717, 1.165) is 16.7 Å². The van der Waals surface area contributed by atoms with E-state index in [-0.39, 0.29) is 0 Å². The standard InChI is InChI=1S/C15H22BrClN2S/c1-3-5-6-11(4-2)10-18-15(20)19-14-8-7-12(16)9-13(14)17/h7-9,11H,3-6,10H2,1-2H3,(H2,18,19,20). The minimum Gasteiger partial charge on any atom is -0.362 e. The van der Waals surface area contributed by atoms with E-state index in [9.17, 15) is 0 Å². The Morgan fingerprint density at radius 1 is 1.40 bits per heavy atom. The molecular weight excluding hydrogens is 356 g/mol. The lowest BCUT2D eigenvalue weighted by atomic mass is 9.99. The Morgan fingerprint density at radius 3 is 2.75 bits per heavy atom. The van der Waals surface area contributed by atoms with Crippen molar-refractivity contribution < 1.29 is 0 Å². The van der Waals surface area contributed by atoms with Gasteiger partial charge in [-0.3, -0.25) is 0 Å². The second-order valence-electron chi connectivity index (χ2n) is 4.88. The van der Waals surface area contributed by atoms with E-state index < -0.39 is 0 Å². The molecule has 0 aliphatic heterocycles. The Morgan fingerprint density at radius 2 is 2.15 bits per heavy atom. The summed E-state index contributed by atoms with van der Waals surface area (Å²) in [5.74, 6) is 0.676. The number of benzene rings is 1. The predicted octanol–water partition coefficient (Wildman–Crippen LogP) is 5.61. The van der Waals surface area contributed by atoms with E-state index in [0.29, 0.717) is 16.1 Å². The molecule has 0 amide bonds. The molecule has 0 aliphatic carbocycles. The predicted molar refractivity (Wildman–Crippen MR) is 96.7 cm³/mol. The fourth-order valence-electron chi connectivity index (χ4n) is 1.94. The summed E-state index contributed by atoms with van der Waals surface area (Å²) in [5, 5.41) is 7.71. The summed E-state index contributed by atoms with van der Waals surface area (Å²) in [4.78, 5) is 0. The molecule has 0 bridgehead atoms. The molecular formula is C15H22BrClN2S. The molecule has 1 atom stereocenters. The monoisotopic (exact) mass is 376 g/mol. The smallest absolute Gasteiger partial charge is 0.170 e. The van der Waals surface area contributed by atoms with Gasteiger partial charge in [-0.25, -0.2) is 0 Å². The third-order valence-electron chi connectivity index (χ3n) is 3.27. The Bertz CT molecular complexity index is 440. The molecule has 0 spiro atoms. The molecule has 0 heterocycles. The van der Waals surface area contributed by atoms with Crippen LogP contribution in [-0.4, -0.2) is 11.7 Å².